The molecule has 0 aliphatic heterocycles. The van der Waals surface area contributed by atoms with Crippen LogP contribution >= 0.6 is 0 Å². The van der Waals surface area contributed by atoms with E-state index < -0.39 is 5.97 Å². The Bertz CT molecular complexity index is 444. The van der Waals surface area contributed by atoms with Gasteiger partial charge in [-0.1, -0.05) is 0 Å². The third-order valence-corrected chi connectivity index (χ3v) is 2.33. The maximum atomic E-state index is 10.5. The van der Waals surface area contributed by atoms with Crippen LogP contribution in [-0.4, -0.2) is 34.4 Å². The van der Waals surface area contributed by atoms with Crippen molar-refractivity contribution >= 4 is 11.8 Å². The number of hydrogen-bond acceptors (Lipinski definition) is 4. The molecule has 1 aromatic heterocycles. The van der Waals surface area contributed by atoms with Crippen molar-refractivity contribution in [2.75, 3.05) is 18.5 Å². The summed E-state index contributed by atoms with van der Waals surface area (Å²) < 4.78 is 1.59. The molecule has 0 aliphatic rings. The number of anilines is 1. The van der Waals surface area contributed by atoms with E-state index in [4.69, 9.17) is 10.4 Å². The minimum absolute atomic E-state index is 0.0333. The zero-order valence-electron chi connectivity index (χ0n) is 9.56. The predicted molar refractivity (Wildman–Crippen MR) is 58.2 cm³/mol. The third kappa shape index (κ3) is 2.31. The second kappa shape index (κ2) is 4.66. The molecule has 0 amide bonds. The summed E-state index contributed by atoms with van der Waals surface area (Å²) in [7, 11) is 3.49. The van der Waals surface area contributed by atoms with Crippen LogP contribution in [0.3, 0.4) is 0 Å². The van der Waals surface area contributed by atoms with Gasteiger partial charge >= 0.3 is 5.97 Å². The van der Waals surface area contributed by atoms with Gasteiger partial charge in [-0.3, -0.25) is 9.48 Å². The molecule has 6 nitrogen and oxygen atoms in total. The maximum absolute atomic E-state index is 10.5. The molecular weight excluding hydrogens is 208 g/mol. The van der Waals surface area contributed by atoms with Crippen LogP contribution in [0.4, 0.5) is 5.82 Å². The fraction of sp³-hybridized carbons (Fsp3) is 0.500. The molecular formula is C10H14N4O2. The first-order chi connectivity index (χ1) is 7.47. The van der Waals surface area contributed by atoms with Crippen molar-refractivity contribution in [3.63, 3.8) is 0 Å². The molecule has 0 saturated carbocycles. The van der Waals surface area contributed by atoms with Gasteiger partial charge in [-0.2, -0.15) is 10.4 Å². The fourth-order valence-electron chi connectivity index (χ4n) is 1.58. The normalized spacial score (nSPS) is 9.88. The number of carboxylic acids is 1. The number of aliphatic carboxylic acids is 1. The quantitative estimate of drug-likeness (QED) is 0.802. The van der Waals surface area contributed by atoms with Crippen molar-refractivity contribution in [1.82, 2.24) is 9.78 Å². The van der Waals surface area contributed by atoms with Crippen LogP contribution < -0.4 is 4.90 Å². The number of hydrogen-bond donors (Lipinski definition) is 1. The van der Waals surface area contributed by atoms with Gasteiger partial charge in [-0.25, -0.2) is 0 Å². The summed E-state index contributed by atoms with van der Waals surface area (Å²) in [6, 6.07) is 2.08. The van der Waals surface area contributed by atoms with Crippen LogP contribution in [-0.2, 0) is 11.8 Å². The SMILES string of the molecule is Cc1nn(C)c(N(C)CCC(=O)O)c1C#N. The molecule has 0 bridgehead atoms. The molecule has 0 aliphatic carbocycles. The average Bonchev–Trinajstić information content (AvgIpc) is 2.49. The highest BCUT2D eigenvalue weighted by Gasteiger charge is 2.16. The molecule has 0 aromatic carbocycles. The Hall–Kier alpha value is -2.03. The lowest BCUT2D eigenvalue weighted by atomic mass is 10.2. The van der Waals surface area contributed by atoms with Crippen molar-refractivity contribution in [3.8, 4) is 6.07 Å². The van der Waals surface area contributed by atoms with Crippen molar-refractivity contribution in [1.29, 1.82) is 5.26 Å². The lowest BCUT2D eigenvalue weighted by Gasteiger charge is -2.18. The van der Waals surface area contributed by atoms with Gasteiger partial charge < -0.3 is 10.0 Å². The Kier molecular flexibility index (Phi) is 3.51. The standard InChI is InChI=1S/C10H14N4O2/c1-7-8(6-11)10(14(3)12-7)13(2)5-4-9(15)16/h4-5H2,1-3H3,(H,15,16). The van der Waals surface area contributed by atoms with E-state index in [0.29, 0.717) is 23.6 Å². The van der Waals surface area contributed by atoms with Crippen LogP contribution in [0.5, 0.6) is 0 Å². The summed E-state index contributed by atoms with van der Waals surface area (Å²) in [4.78, 5) is 12.2. The predicted octanol–water partition coefficient (Wildman–Crippen LogP) is 0.511. The van der Waals surface area contributed by atoms with Crippen molar-refractivity contribution in [2.24, 2.45) is 7.05 Å². The van der Waals surface area contributed by atoms with E-state index in [1.807, 2.05) is 0 Å². The molecule has 1 N–H and O–H groups in total. The Morgan fingerprint density at radius 3 is 2.81 bits per heavy atom. The highest BCUT2D eigenvalue weighted by Crippen LogP contribution is 2.20. The average molecular weight is 222 g/mol. The number of carboxylic acid groups (broad SMARTS) is 1. The second-order valence-corrected chi connectivity index (χ2v) is 3.58. The summed E-state index contributed by atoms with van der Waals surface area (Å²) in [5, 5.41) is 21.7. The summed E-state index contributed by atoms with van der Waals surface area (Å²) in [6.45, 7) is 2.11. The van der Waals surface area contributed by atoms with Gasteiger partial charge in [0.05, 0.1) is 12.1 Å². The number of carbonyl (C=O) groups is 1. The number of nitriles is 1. The number of aryl methyl sites for hydroxylation is 2. The van der Waals surface area contributed by atoms with Crippen molar-refractivity contribution < 1.29 is 9.90 Å². The molecule has 0 saturated heterocycles. The molecule has 0 spiro atoms. The molecule has 1 aromatic rings. The second-order valence-electron chi connectivity index (χ2n) is 3.58. The van der Waals surface area contributed by atoms with Gasteiger partial charge in [0.1, 0.15) is 17.5 Å². The van der Waals surface area contributed by atoms with Crippen LogP contribution in [0.25, 0.3) is 0 Å². The first kappa shape index (κ1) is 12.0. The molecule has 0 atom stereocenters. The molecule has 6 heteroatoms. The Morgan fingerprint density at radius 2 is 2.31 bits per heavy atom. The highest BCUT2D eigenvalue weighted by molar-refractivity contribution is 5.68. The Balaban J connectivity index is 2.95. The molecule has 16 heavy (non-hydrogen) atoms. The Morgan fingerprint density at radius 1 is 1.69 bits per heavy atom. The van der Waals surface area contributed by atoms with E-state index in [2.05, 4.69) is 11.2 Å². The van der Waals surface area contributed by atoms with E-state index in [-0.39, 0.29) is 6.42 Å². The molecule has 0 fully saturated rings. The minimum atomic E-state index is -0.857. The number of aromatic nitrogens is 2. The van der Waals surface area contributed by atoms with Gasteiger partial charge in [0.25, 0.3) is 0 Å². The van der Waals surface area contributed by atoms with E-state index in [0.717, 1.165) is 0 Å². The third-order valence-electron chi connectivity index (χ3n) is 2.33. The topological polar surface area (TPSA) is 82.2 Å². The largest absolute Gasteiger partial charge is 0.481 e. The molecule has 1 heterocycles. The van der Waals surface area contributed by atoms with E-state index in [9.17, 15) is 4.79 Å². The molecule has 0 unspecified atom stereocenters. The monoisotopic (exact) mass is 222 g/mol. The van der Waals surface area contributed by atoms with Crippen LogP contribution in [0.1, 0.15) is 17.7 Å². The Labute approximate surface area is 93.7 Å². The lowest BCUT2D eigenvalue weighted by molar-refractivity contribution is -0.136. The van der Waals surface area contributed by atoms with Gasteiger partial charge in [0.15, 0.2) is 0 Å². The lowest BCUT2D eigenvalue weighted by Crippen LogP contribution is -2.24. The number of nitrogens with zero attached hydrogens (tertiary/aromatic N) is 4. The fourth-order valence-corrected chi connectivity index (χ4v) is 1.58. The van der Waals surface area contributed by atoms with E-state index in [1.165, 1.54) is 0 Å². The summed E-state index contributed by atoms with van der Waals surface area (Å²) in [5.41, 5.74) is 1.15. The highest BCUT2D eigenvalue weighted by atomic mass is 16.4. The van der Waals surface area contributed by atoms with Gasteiger partial charge in [-0.05, 0) is 6.92 Å². The smallest absolute Gasteiger partial charge is 0.305 e. The zero-order chi connectivity index (χ0) is 12.3. The van der Waals surface area contributed by atoms with Crippen molar-refractivity contribution in [2.45, 2.75) is 13.3 Å². The van der Waals surface area contributed by atoms with Crippen molar-refractivity contribution in [3.05, 3.63) is 11.3 Å². The first-order valence-corrected chi connectivity index (χ1v) is 4.84. The van der Waals surface area contributed by atoms with E-state index in [1.54, 1.807) is 30.6 Å². The van der Waals surface area contributed by atoms with Gasteiger partial charge in [0, 0.05) is 20.6 Å². The summed E-state index contributed by atoms with van der Waals surface area (Å²) in [5.74, 6) is -0.203. The van der Waals surface area contributed by atoms with Crippen LogP contribution in [0.2, 0.25) is 0 Å². The summed E-state index contributed by atoms with van der Waals surface area (Å²) >= 11 is 0. The van der Waals surface area contributed by atoms with Crippen LogP contribution in [0.15, 0.2) is 0 Å². The first-order valence-electron chi connectivity index (χ1n) is 4.84. The number of rotatable bonds is 4. The molecule has 0 radical (unpaired) electrons. The zero-order valence-corrected chi connectivity index (χ0v) is 9.56. The van der Waals surface area contributed by atoms with Crippen LogP contribution in [0, 0.1) is 18.3 Å². The van der Waals surface area contributed by atoms with Gasteiger partial charge in [-0.15, -0.1) is 0 Å². The van der Waals surface area contributed by atoms with Gasteiger partial charge in [0.2, 0.25) is 0 Å². The van der Waals surface area contributed by atoms with E-state index >= 15 is 0 Å². The molecule has 86 valence electrons. The maximum Gasteiger partial charge on any atom is 0.305 e. The summed E-state index contributed by atoms with van der Waals surface area (Å²) in [6.07, 6.45) is 0.0333. The molecule has 1 rings (SSSR count). The minimum Gasteiger partial charge on any atom is -0.481 e.